The van der Waals surface area contributed by atoms with Crippen molar-refractivity contribution in [2.45, 2.75) is 6.54 Å². The molecule has 0 saturated heterocycles. The van der Waals surface area contributed by atoms with Gasteiger partial charge in [0.05, 0.1) is 0 Å². The summed E-state index contributed by atoms with van der Waals surface area (Å²) < 4.78 is 0. The van der Waals surface area contributed by atoms with Gasteiger partial charge in [-0.3, -0.25) is 14.6 Å². The second kappa shape index (κ2) is 5.13. The summed E-state index contributed by atoms with van der Waals surface area (Å²) in [6, 6.07) is 10.4. The zero-order chi connectivity index (χ0) is 13.0. The Morgan fingerprint density at radius 2 is 1.83 bits per heavy atom. The molecule has 92 valence electrons. The number of carbonyl (C=O) groups excluding carboxylic acids is 1. The lowest BCUT2D eigenvalue weighted by atomic mass is 10.2. The summed E-state index contributed by atoms with van der Waals surface area (Å²) in [7, 11) is 0. The summed E-state index contributed by atoms with van der Waals surface area (Å²) in [6.07, 6.45) is 0. The molecule has 0 spiro atoms. The Morgan fingerprint density at radius 3 is 2.50 bits per heavy atom. The van der Waals surface area contributed by atoms with Crippen LogP contribution < -0.4 is 16.6 Å². The van der Waals surface area contributed by atoms with Crippen molar-refractivity contribution in [3.63, 3.8) is 0 Å². The highest BCUT2D eigenvalue weighted by Crippen LogP contribution is 1.97. The summed E-state index contributed by atoms with van der Waals surface area (Å²) in [6.45, 7) is 0.328. The van der Waals surface area contributed by atoms with Gasteiger partial charge in [-0.05, 0) is 5.56 Å². The zero-order valence-electron chi connectivity index (χ0n) is 9.40. The van der Waals surface area contributed by atoms with Crippen molar-refractivity contribution in [3.8, 4) is 0 Å². The number of benzene rings is 1. The number of aromatic amines is 2. The van der Waals surface area contributed by atoms with E-state index in [2.05, 4.69) is 10.3 Å². The molecule has 2 aromatic rings. The molecule has 6 heteroatoms. The van der Waals surface area contributed by atoms with Gasteiger partial charge in [0, 0.05) is 12.6 Å². The minimum absolute atomic E-state index is 0.0559. The van der Waals surface area contributed by atoms with Gasteiger partial charge in [0.1, 0.15) is 5.69 Å². The van der Waals surface area contributed by atoms with Crippen molar-refractivity contribution in [1.82, 2.24) is 15.3 Å². The third-order valence-corrected chi connectivity index (χ3v) is 2.30. The fraction of sp³-hybridized carbons (Fsp3) is 0.0833. The van der Waals surface area contributed by atoms with Crippen LogP contribution in [0.3, 0.4) is 0 Å². The third kappa shape index (κ3) is 2.94. The minimum Gasteiger partial charge on any atom is -0.347 e. The van der Waals surface area contributed by atoms with E-state index in [0.717, 1.165) is 11.6 Å². The summed E-state index contributed by atoms with van der Waals surface area (Å²) in [5.41, 5.74) is -0.436. The molecule has 1 aromatic carbocycles. The number of carbonyl (C=O) groups is 1. The molecule has 0 radical (unpaired) electrons. The van der Waals surface area contributed by atoms with Crippen molar-refractivity contribution < 1.29 is 4.79 Å². The summed E-state index contributed by atoms with van der Waals surface area (Å²) in [5, 5.41) is 2.61. The quantitative estimate of drug-likeness (QED) is 0.710. The average molecular weight is 245 g/mol. The molecule has 0 aliphatic carbocycles. The van der Waals surface area contributed by atoms with Gasteiger partial charge in [-0.1, -0.05) is 30.3 Å². The van der Waals surface area contributed by atoms with Crippen LogP contribution in [0.1, 0.15) is 16.1 Å². The SMILES string of the molecule is O=C(NCc1ccccc1)c1cc(=O)[nH]c(=O)[nH]1. The van der Waals surface area contributed by atoms with Gasteiger partial charge >= 0.3 is 5.69 Å². The van der Waals surface area contributed by atoms with Gasteiger partial charge < -0.3 is 10.3 Å². The number of hydrogen-bond acceptors (Lipinski definition) is 3. The van der Waals surface area contributed by atoms with E-state index in [9.17, 15) is 14.4 Å². The molecule has 0 fully saturated rings. The van der Waals surface area contributed by atoms with Crippen molar-refractivity contribution >= 4 is 5.91 Å². The van der Waals surface area contributed by atoms with Gasteiger partial charge in [0.15, 0.2) is 0 Å². The molecule has 0 aliphatic rings. The molecule has 2 rings (SSSR count). The van der Waals surface area contributed by atoms with Crippen LogP contribution in [0, 0.1) is 0 Å². The van der Waals surface area contributed by atoms with Crippen LogP contribution in [0.25, 0.3) is 0 Å². The van der Waals surface area contributed by atoms with E-state index in [-0.39, 0.29) is 5.69 Å². The van der Waals surface area contributed by atoms with Crippen LogP contribution in [0.4, 0.5) is 0 Å². The van der Waals surface area contributed by atoms with Crippen LogP contribution in [0.2, 0.25) is 0 Å². The Morgan fingerprint density at radius 1 is 1.11 bits per heavy atom. The molecule has 1 amide bonds. The number of hydrogen-bond donors (Lipinski definition) is 3. The lowest BCUT2D eigenvalue weighted by molar-refractivity contribution is 0.0945. The Kier molecular flexibility index (Phi) is 3.38. The van der Waals surface area contributed by atoms with Crippen molar-refractivity contribution in [2.24, 2.45) is 0 Å². The van der Waals surface area contributed by atoms with Crippen LogP contribution >= 0.6 is 0 Å². The molecule has 0 aliphatic heterocycles. The fourth-order valence-corrected chi connectivity index (χ4v) is 1.46. The van der Waals surface area contributed by atoms with Crippen LogP contribution in [-0.4, -0.2) is 15.9 Å². The molecule has 0 atom stereocenters. The van der Waals surface area contributed by atoms with E-state index in [1.165, 1.54) is 0 Å². The maximum Gasteiger partial charge on any atom is 0.326 e. The predicted octanol–water partition coefficient (Wildman–Crippen LogP) is -0.00680. The molecule has 1 heterocycles. The van der Waals surface area contributed by atoms with Crippen LogP contribution in [0.5, 0.6) is 0 Å². The molecular formula is C12H11N3O3. The maximum absolute atomic E-state index is 11.7. The molecule has 1 aromatic heterocycles. The summed E-state index contributed by atoms with van der Waals surface area (Å²) >= 11 is 0. The predicted molar refractivity (Wildman–Crippen MR) is 65.3 cm³/mol. The summed E-state index contributed by atoms with van der Waals surface area (Å²) in [5.74, 6) is -0.498. The molecule has 6 nitrogen and oxygen atoms in total. The number of H-pyrrole nitrogens is 2. The van der Waals surface area contributed by atoms with E-state index in [4.69, 9.17) is 0 Å². The Balaban J connectivity index is 2.08. The average Bonchev–Trinajstić information content (AvgIpc) is 2.36. The van der Waals surface area contributed by atoms with Gasteiger partial charge in [-0.15, -0.1) is 0 Å². The molecule has 18 heavy (non-hydrogen) atoms. The van der Waals surface area contributed by atoms with Crippen molar-refractivity contribution in [1.29, 1.82) is 0 Å². The smallest absolute Gasteiger partial charge is 0.326 e. The van der Waals surface area contributed by atoms with E-state index < -0.39 is 17.2 Å². The standard InChI is InChI=1S/C12H11N3O3/c16-10-6-9(14-12(18)15-10)11(17)13-7-8-4-2-1-3-5-8/h1-6H,7H2,(H,13,17)(H2,14,15,16,18). The molecule has 0 bridgehead atoms. The Labute approximate surface area is 102 Å². The third-order valence-electron chi connectivity index (χ3n) is 2.30. The number of nitrogens with one attached hydrogen (secondary N) is 3. The van der Waals surface area contributed by atoms with E-state index >= 15 is 0 Å². The lowest BCUT2D eigenvalue weighted by Crippen LogP contribution is -2.30. The van der Waals surface area contributed by atoms with E-state index in [1.807, 2.05) is 35.3 Å². The van der Waals surface area contributed by atoms with Gasteiger partial charge in [0.25, 0.3) is 11.5 Å². The van der Waals surface area contributed by atoms with E-state index in [1.54, 1.807) is 0 Å². The Hall–Kier alpha value is -2.63. The highest BCUT2D eigenvalue weighted by atomic mass is 16.2. The van der Waals surface area contributed by atoms with Crippen molar-refractivity contribution in [3.05, 3.63) is 68.5 Å². The molecule has 3 N–H and O–H groups in total. The molecular weight excluding hydrogens is 234 g/mol. The monoisotopic (exact) mass is 245 g/mol. The van der Waals surface area contributed by atoms with Gasteiger partial charge in [-0.25, -0.2) is 4.79 Å². The van der Waals surface area contributed by atoms with Gasteiger partial charge in [-0.2, -0.15) is 0 Å². The summed E-state index contributed by atoms with van der Waals surface area (Å²) in [4.78, 5) is 38.0. The van der Waals surface area contributed by atoms with Crippen molar-refractivity contribution in [2.75, 3.05) is 0 Å². The number of amides is 1. The zero-order valence-corrected chi connectivity index (χ0v) is 9.40. The van der Waals surface area contributed by atoms with Gasteiger partial charge in [0.2, 0.25) is 0 Å². The molecule has 0 saturated carbocycles. The molecule has 0 unspecified atom stereocenters. The van der Waals surface area contributed by atoms with E-state index in [0.29, 0.717) is 6.54 Å². The Bertz CT molecular complexity index is 630. The van der Waals surface area contributed by atoms with Crippen LogP contribution in [0.15, 0.2) is 46.0 Å². The second-order valence-corrected chi connectivity index (χ2v) is 3.67. The maximum atomic E-state index is 11.7. The first-order valence-electron chi connectivity index (χ1n) is 5.31. The first-order valence-corrected chi connectivity index (χ1v) is 5.31. The highest BCUT2D eigenvalue weighted by molar-refractivity contribution is 5.91. The number of rotatable bonds is 3. The fourth-order valence-electron chi connectivity index (χ4n) is 1.46. The largest absolute Gasteiger partial charge is 0.347 e. The lowest BCUT2D eigenvalue weighted by Gasteiger charge is -2.04. The normalized spacial score (nSPS) is 10.0. The topological polar surface area (TPSA) is 94.8 Å². The first-order chi connectivity index (χ1) is 8.65. The first kappa shape index (κ1) is 11.8. The second-order valence-electron chi connectivity index (χ2n) is 3.67. The highest BCUT2D eigenvalue weighted by Gasteiger charge is 2.07. The number of aromatic nitrogens is 2. The minimum atomic E-state index is -0.702. The van der Waals surface area contributed by atoms with Crippen LogP contribution in [-0.2, 0) is 6.54 Å².